The van der Waals surface area contributed by atoms with Crippen LogP contribution in [0.25, 0.3) is 10.9 Å². The molecule has 0 bridgehead atoms. The van der Waals surface area contributed by atoms with E-state index in [0.717, 1.165) is 35.7 Å². The van der Waals surface area contributed by atoms with Crippen molar-refractivity contribution in [2.75, 3.05) is 13.1 Å². The van der Waals surface area contributed by atoms with Crippen molar-refractivity contribution in [3.05, 3.63) is 70.4 Å². The van der Waals surface area contributed by atoms with E-state index in [2.05, 4.69) is 41.5 Å². The van der Waals surface area contributed by atoms with Gasteiger partial charge in [0.25, 0.3) is 5.91 Å². The predicted octanol–water partition coefficient (Wildman–Crippen LogP) is 4.94. The zero-order valence-electron chi connectivity index (χ0n) is 17.8. The highest BCUT2D eigenvalue weighted by atomic mass is 35.5. The number of likely N-dealkylation sites (tertiary alicyclic amines) is 1. The maximum atomic E-state index is 12.9. The third-order valence-corrected chi connectivity index (χ3v) is 6.35. The Balaban J connectivity index is 1.24. The van der Waals surface area contributed by atoms with Crippen LogP contribution in [0.4, 0.5) is 0 Å². The third kappa shape index (κ3) is 5.28. The first-order chi connectivity index (χ1) is 15.0. The highest BCUT2D eigenvalue weighted by molar-refractivity contribution is 6.31. The van der Waals surface area contributed by atoms with Gasteiger partial charge in [0.05, 0.1) is 0 Å². The average Bonchev–Trinajstić information content (AvgIpc) is 3.21. The number of aromatic amines is 1. The van der Waals surface area contributed by atoms with Crippen molar-refractivity contribution >= 4 is 34.3 Å². The Bertz CT molecular complexity index is 1070. The molecule has 0 unspecified atom stereocenters. The second-order valence-electron chi connectivity index (χ2n) is 8.30. The molecule has 0 saturated carbocycles. The number of halogens is 1. The summed E-state index contributed by atoms with van der Waals surface area (Å²) in [4.78, 5) is 30.3. The van der Waals surface area contributed by atoms with Crippen LogP contribution in [-0.2, 0) is 17.8 Å². The lowest BCUT2D eigenvalue weighted by Crippen LogP contribution is -2.39. The highest BCUT2D eigenvalue weighted by Gasteiger charge is 2.26. The van der Waals surface area contributed by atoms with E-state index in [9.17, 15) is 9.59 Å². The van der Waals surface area contributed by atoms with Crippen molar-refractivity contribution in [1.82, 2.24) is 15.2 Å². The van der Waals surface area contributed by atoms with Crippen LogP contribution in [0, 0.1) is 5.92 Å². The molecule has 3 aromatic rings. The lowest BCUT2D eigenvalue weighted by Gasteiger charge is -2.31. The van der Waals surface area contributed by atoms with Crippen LogP contribution in [0.1, 0.15) is 47.8 Å². The van der Waals surface area contributed by atoms with Crippen molar-refractivity contribution in [3.63, 3.8) is 0 Å². The summed E-state index contributed by atoms with van der Waals surface area (Å²) in [7, 11) is 0. The van der Waals surface area contributed by atoms with Gasteiger partial charge in [0.1, 0.15) is 5.69 Å². The Labute approximate surface area is 187 Å². The number of piperidine rings is 1. The molecular weight excluding hydrogens is 410 g/mol. The van der Waals surface area contributed by atoms with E-state index >= 15 is 0 Å². The molecule has 2 aromatic carbocycles. The number of carbonyl (C=O) groups is 2. The van der Waals surface area contributed by atoms with Gasteiger partial charge >= 0.3 is 0 Å². The van der Waals surface area contributed by atoms with Crippen LogP contribution >= 0.6 is 11.6 Å². The summed E-state index contributed by atoms with van der Waals surface area (Å²) in [5.41, 5.74) is 3.91. The molecule has 1 saturated heterocycles. The summed E-state index contributed by atoms with van der Waals surface area (Å²) in [6.07, 6.45) is 3.22. The number of amides is 2. The molecule has 2 heterocycles. The number of rotatable bonds is 6. The zero-order valence-corrected chi connectivity index (χ0v) is 18.5. The Morgan fingerprint density at radius 1 is 1.06 bits per heavy atom. The minimum Gasteiger partial charge on any atom is -0.352 e. The number of nitrogens with zero attached hydrogens (tertiary/aromatic N) is 1. The molecule has 31 heavy (non-hydrogen) atoms. The monoisotopic (exact) mass is 437 g/mol. The second kappa shape index (κ2) is 9.56. The van der Waals surface area contributed by atoms with Gasteiger partial charge in [-0.1, -0.05) is 42.8 Å². The maximum absolute atomic E-state index is 12.9. The molecule has 0 atom stereocenters. The minimum absolute atomic E-state index is 0.00532. The van der Waals surface area contributed by atoms with E-state index in [0.29, 0.717) is 42.7 Å². The van der Waals surface area contributed by atoms with Gasteiger partial charge < -0.3 is 15.2 Å². The SMILES string of the molecule is CCc1ccc(CNC(=O)CC2CCN(C(=O)c3cc4cc(Cl)ccc4[nH]3)CC2)cc1. The molecule has 1 aliphatic rings. The van der Waals surface area contributed by atoms with E-state index in [4.69, 9.17) is 11.6 Å². The fourth-order valence-electron chi connectivity index (χ4n) is 4.16. The zero-order chi connectivity index (χ0) is 21.8. The standard InChI is InChI=1S/C25H28ClN3O2/c1-2-17-3-5-19(6-4-17)16-27-24(30)13-18-9-11-29(12-10-18)25(31)23-15-20-14-21(26)7-8-22(20)28-23/h3-8,14-15,18,28H,2,9-13,16H2,1H3,(H,27,30). The van der Waals surface area contributed by atoms with Crippen LogP contribution in [0.3, 0.4) is 0 Å². The molecular formula is C25H28ClN3O2. The molecule has 1 aromatic heterocycles. The summed E-state index contributed by atoms with van der Waals surface area (Å²) in [6.45, 7) is 4.03. The van der Waals surface area contributed by atoms with Crippen LogP contribution in [-0.4, -0.2) is 34.8 Å². The lowest BCUT2D eigenvalue weighted by molar-refractivity contribution is -0.122. The third-order valence-electron chi connectivity index (χ3n) is 6.11. The van der Waals surface area contributed by atoms with Gasteiger partial charge in [0.15, 0.2) is 0 Å². The maximum Gasteiger partial charge on any atom is 0.270 e. The Morgan fingerprint density at radius 3 is 2.48 bits per heavy atom. The molecule has 2 amide bonds. The van der Waals surface area contributed by atoms with E-state index in [-0.39, 0.29) is 11.8 Å². The summed E-state index contributed by atoms with van der Waals surface area (Å²) in [5.74, 6) is 0.399. The molecule has 1 fully saturated rings. The minimum atomic E-state index is 0.00532. The molecule has 2 N–H and O–H groups in total. The molecule has 0 aliphatic carbocycles. The molecule has 6 heteroatoms. The molecule has 0 spiro atoms. The normalized spacial score (nSPS) is 14.7. The first-order valence-corrected chi connectivity index (χ1v) is 11.3. The Kier molecular flexibility index (Phi) is 6.62. The van der Waals surface area contributed by atoms with Crippen LogP contribution in [0.15, 0.2) is 48.5 Å². The number of H-pyrrole nitrogens is 1. The van der Waals surface area contributed by atoms with E-state index in [1.807, 2.05) is 29.2 Å². The second-order valence-corrected chi connectivity index (χ2v) is 8.74. The Morgan fingerprint density at radius 2 is 1.77 bits per heavy atom. The lowest BCUT2D eigenvalue weighted by atomic mass is 9.93. The molecule has 4 rings (SSSR count). The average molecular weight is 438 g/mol. The smallest absolute Gasteiger partial charge is 0.270 e. The molecule has 162 valence electrons. The van der Waals surface area contributed by atoms with Gasteiger partial charge in [0.2, 0.25) is 5.91 Å². The number of hydrogen-bond acceptors (Lipinski definition) is 2. The van der Waals surface area contributed by atoms with E-state index < -0.39 is 0 Å². The van der Waals surface area contributed by atoms with Crippen LogP contribution < -0.4 is 5.32 Å². The van der Waals surface area contributed by atoms with Gasteiger partial charge in [0, 0.05) is 42.0 Å². The molecule has 5 nitrogen and oxygen atoms in total. The predicted molar refractivity (Wildman–Crippen MR) is 124 cm³/mol. The van der Waals surface area contributed by atoms with Gasteiger partial charge in [-0.15, -0.1) is 0 Å². The first-order valence-electron chi connectivity index (χ1n) is 10.9. The summed E-state index contributed by atoms with van der Waals surface area (Å²) in [6, 6.07) is 15.8. The number of nitrogens with one attached hydrogen (secondary N) is 2. The van der Waals surface area contributed by atoms with Gasteiger partial charge in [-0.25, -0.2) is 0 Å². The molecule has 1 aliphatic heterocycles. The number of fused-ring (bicyclic) bond motifs is 1. The van der Waals surface area contributed by atoms with Crippen molar-refractivity contribution in [3.8, 4) is 0 Å². The summed E-state index contributed by atoms with van der Waals surface area (Å²) >= 11 is 6.04. The number of carbonyl (C=O) groups excluding carboxylic acids is 2. The Hall–Kier alpha value is -2.79. The van der Waals surface area contributed by atoms with Crippen molar-refractivity contribution < 1.29 is 9.59 Å². The topological polar surface area (TPSA) is 65.2 Å². The van der Waals surface area contributed by atoms with Gasteiger partial charge in [-0.05, 0) is 60.6 Å². The van der Waals surface area contributed by atoms with Crippen molar-refractivity contribution in [2.24, 2.45) is 5.92 Å². The number of aromatic nitrogens is 1. The fourth-order valence-corrected chi connectivity index (χ4v) is 4.34. The van der Waals surface area contributed by atoms with Gasteiger partial charge in [-0.3, -0.25) is 9.59 Å². The van der Waals surface area contributed by atoms with E-state index in [1.165, 1.54) is 5.56 Å². The number of aryl methyl sites for hydroxylation is 1. The van der Waals surface area contributed by atoms with Crippen LogP contribution in [0.5, 0.6) is 0 Å². The summed E-state index contributed by atoms with van der Waals surface area (Å²) in [5, 5.41) is 4.62. The molecule has 0 radical (unpaired) electrons. The van der Waals surface area contributed by atoms with Crippen molar-refractivity contribution in [1.29, 1.82) is 0 Å². The largest absolute Gasteiger partial charge is 0.352 e. The highest BCUT2D eigenvalue weighted by Crippen LogP contribution is 2.24. The van der Waals surface area contributed by atoms with Crippen molar-refractivity contribution in [2.45, 2.75) is 39.2 Å². The number of benzene rings is 2. The quantitative estimate of drug-likeness (QED) is 0.573. The van der Waals surface area contributed by atoms with E-state index in [1.54, 1.807) is 0 Å². The van der Waals surface area contributed by atoms with Gasteiger partial charge in [-0.2, -0.15) is 0 Å². The summed E-state index contributed by atoms with van der Waals surface area (Å²) < 4.78 is 0. The number of hydrogen-bond donors (Lipinski definition) is 2. The fraction of sp³-hybridized carbons (Fsp3) is 0.360. The first kappa shape index (κ1) is 21.4. The van der Waals surface area contributed by atoms with Crippen LogP contribution in [0.2, 0.25) is 5.02 Å².